The molecule has 3 N–H and O–H groups in total. The summed E-state index contributed by atoms with van der Waals surface area (Å²) in [6.07, 6.45) is 5.22. The summed E-state index contributed by atoms with van der Waals surface area (Å²) in [4.78, 5) is 30.7. The number of hydrogen-bond donors (Lipinski definition) is 2. The van der Waals surface area contributed by atoms with Gasteiger partial charge in [-0.2, -0.15) is 4.98 Å². The number of para-hydroxylation sites is 1. The van der Waals surface area contributed by atoms with Gasteiger partial charge in [-0.1, -0.05) is 24.3 Å². The third-order valence-electron chi connectivity index (χ3n) is 7.41. The quantitative estimate of drug-likeness (QED) is 0.365. The van der Waals surface area contributed by atoms with E-state index in [9.17, 15) is 4.79 Å². The lowest BCUT2D eigenvalue weighted by Gasteiger charge is -2.44. The molecule has 1 aliphatic heterocycles. The molecule has 1 aliphatic rings. The number of likely N-dealkylation sites (N-methyl/N-ethyl adjacent to an activating group) is 1. The van der Waals surface area contributed by atoms with Crippen LogP contribution >= 0.6 is 0 Å². The van der Waals surface area contributed by atoms with Crippen molar-refractivity contribution in [1.82, 2.24) is 19.9 Å². The first-order chi connectivity index (χ1) is 18.9. The maximum Gasteiger partial charge on any atom is 0.321 e. The predicted octanol–water partition coefficient (Wildman–Crippen LogP) is 4.33. The molecule has 10 heteroatoms. The van der Waals surface area contributed by atoms with Gasteiger partial charge in [0.05, 0.1) is 19.7 Å². The molecule has 2 aromatic heterocycles. The Kier molecular flexibility index (Phi) is 7.36. The number of nitrogen functional groups attached to an aromatic ring is 1. The Balaban J connectivity index is 1.39. The van der Waals surface area contributed by atoms with E-state index in [2.05, 4.69) is 21.4 Å². The van der Waals surface area contributed by atoms with Crippen LogP contribution in [0.3, 0.4) is 0 Å². The van der Waals surface area contributed by atoms with Gasteiger partial charge < -0.3 is 30.3 Å². The fourth-order valence-corrected chi connectivity index (χ4v) is 5.24. The average molecular weight is 528 g/mol. The maximum atomic E-state index is 13.0. The van der Waals surface area contributed by atoms with Crippen LogP contribution in [-0.4, -0.2) is 66.8 Å². The second kappa shape index (κ2) is 11.0. The molecular weight excluding hydrogens is 494 g/mol. The summed E-state index contributed by atoms with van der Waals surface area (Å²) >= 11 is 0. The summed E-state index contributed by atoms with van der Waals surface area (Å²) in [6.45, 7) is 1.85. The molecule has 202 valence electrons. The van der Waals surface area contributed by atoms with Crippen molar-refractivity contribution in [3.63, 3.8) is 0 Å². The number of rotatable bonds is 7. The number of nitrogens with one attached hydrogen (secondary N) is 1. The molecule has 2 amide bonds. The van der Waals surface area contributed by atoms with E-state index in [0.29, 0.717) is 53.8 Å². The third-order valence-corrected chi connectivity index (χ3v) is 7.41. The van der Waals surface area contributed by atoms with Crippen molar-refractivity contribution >= 4 is 34.4 Å². The van der Waals surface area contributed by atoms with Crippen LogP contribution < -0.4 is 25.4 Å². The topological polar surface area (TPSA) is 119 Å². The second-order valence-electron chi connectivity index (χ2n) is 9.79. The van der Waals surface area contributed by atoms with Gasteiger partial charge in [-0.25, -0.2) is 9.78 Å². The molecule has 0 atom stereocenters. The number of fused-ring (bicyclic) bond motifs is 1. The van der Waals surface area contributed by atoms with Crippen LogP contribution in [-0.2, 0) is 5.41 Å². The van der Waals surface area contributed by atoms with Crippen LogP contribution in [0.2, 0.25) is 0 Å². The number of amides is 2. The number of ether oxygens (including phenoxy) is 2. The van der Waals surface area contributed by atoms with E-state index in [1.807, 2.05) is 65.5 Å². The predicted molar refractivity (Wildman–Crippen MR) is 153 cm³/mol. The highest BCUT2D eigenvalue weighted by Gasteiger charge is 2.39. The van der Waals surface area contributed by atoms with Crippen LogP contribution in [0.15, 0.2) is 67.0 Å². The van der Waals surface area contributed by atoms with E-state index in [0.717, 1.165) is 24.1 Å². The minimum Gasteiger partial charge on any atom is -0.493 e. The van der Waals surface area contributed by atoms with E-state index in [-0.39, 0.29) is 11.4 Å². The number of pyridine rings is 1. The SMILES string of the molecule is COc1cc2nc(N(C)CC3(c4cccnc4)CCN(C(=O)Nc4ccccc4)CC3)nc(N)c2cc1OC. The molecule has 0 bridgehead atoms. The summed E-state index contributed by atoms with van der Waals surface area (Å²) in [5.41, 5.74) is 8.69. The number of carbonyl (C=O) groups excluding carboxylic acids is 1. The van der Waals surface area contributed by atoms with E-state index in [1.54, 1.807) is 26.5 Å². The van der Waals surface area contributed by atoms with E-state index in [4.69, 9.17) is 20.2 Å². The molecule has 1 fully saturated rings. The Morgan fingerprint density at radius 1 is 1.05 bits per heavy atom. The van der Waals surface area contributed by atoms with Gasteiger partial charge in [-0.05, 0) is 42.7 Å². The van der Waals surface area contributed by atoms with Crippen LogP contribution in [0.4, 0.5) is 22.2 Å². The van der Waals surface area contributed by atoms with Crippen molar-refractivity contribution in [2.45, 2.75) is 18.3 Å². The molecule has 0 aliphatic carbocycles. The molecule has 39 heavy (non-hydrogen) atoms. The summed E-state index contributed by atoms with van der Waals surface area (Å²) in [5, 5.41) is 3.70. The van der Waals surface area contributed by atoms with Crippen molar-refractivity contribution in [3.8, 4) is 11.5 Å². The Morgan fingerprint density at radius 2 is 1.77 bits per heavy atom. The number of piperidine rings is 1. The Bertz CT molecular complexity index is 1440. The van der Waals surface area contributed by atoms with Gasteiger partial charge >= 0.3 is 6.03 Å². The lowest BCUT2D eigenvalue weighted by atomic mass is 9.73. The zero-order valence-corrected chi connectivity index (χ0v) is 22.4. The first-order valence-electron chi connectivity index (χ1n) is 12.8. The summed E-state index contributed by atoms with van der Waals surface area (Å²) in [6, 6.07) is 17.1. The van der Waals surface area contributed by atoms with Gasteiger partial charge in [-0.15, -0.1) is 0 Å². The molecule has 10 nitrogen and oxygen atoms in total. The zero-order chi connectivity index (χ0) is 27.4. The number of urea groups is 1. The van der Waals surface area contributed by atoms with Crippen molar-refractivity contribution < 1.29 is 14.3 Å². The van der Waals surface area contributed by atoms with Gasteiger partial charge in [0.25, 0.3) is 0 Å². The van der Waals surface area contributed by atoms with Crippen molar-refractivity contribution in [2.24, 2.45) is 0 Å². The number of methoxy groups -OCH3 is 2. The van der Waals surface area contributed by atoms with Crippen molar-refractivity contribution in [2.75, 3.05) is 56.9 Å². The van der Waals surface area contributed by atoms with Gasteiger partial charge in [0.15, 0.2) is 11.5 Å². The van der Waals surface area contributed by atoms with E-state index >= 15 is 0 Å². The molecule has 1 saturated heterocycles. The molecule has 5 rings (SSSR count). The first kappa shape index (κ1) is 26.0. The normalized spacial score (nSPS) is 14.6. The van der Waals surface area contributed by atoms with Crippen molar-refractivity contribution in [1.29, 1.82) is 0 Å². The average Bonchev–Trinajstić information content (AvgIpc) is 2.97. The summed E-state index contributed by atoms with van der Waals surface area (Å²) in [5.74, 6) is 2.02. The fourth-order valence-electron chi connectivity index (χ4n) is 5.24. The minimum absolute atomic E-state index is 0.0932. The Hall–Kier alpha value is -4.60. The van der Waals surface area contributed by atoms with Crippen LogP contribution in [0.1, 0.15) is 18.4 Å². The van der Waals surface area contributed by atoms with E-state index < -0.39 is 0 Å². The number of hydrogen-bond acceptors (Lipinski definition) is 8. The third kappa shape index (κ3) is 5.36. The van der Waals surface area contributed by atoms with Gasteiger partial charge in [0.2, 0.25) is 5.95 Å². The van der Waals surface area contributed by atoms with Gasteiger partial charge in [-0.3, -0.25) is 4.98 Å². The highest BCUT2D eigenvalue weighted by molar-refractivity contribution is 5.92. The van der Waals surface area contributed by atoms with Crippen LogP contribution in [0.25, 0.3) is 10.9 Å². The number of likely N-dealkylation sites (tertiary alicyclic amines) is 1. The lowest BCUT2D eigenvalue weighted by molar-refractivity contribution is 0.169. The number of nitrogens with two attached hydrogens (primary N) is 1. The highest BCUT2D eigenvalue weighted by Crippen LogP contribution is 2.38. The Morgan fingerprint density at radius 3 is 2.44 bits per heavy atom. The maximum absolute atomic E-state index is 13.0. The lowest BCUT2D eigenvalue weighted by Crippen LogP contribution is -2.51. The standard InChI is InChI=1S/C29H33N7O3/c1-35(27-33-23-17-25(39-3)24(38-2)16-22(23)26(30)34-27)19-29(20-8-7-13-31-18-20)11-14-36(15-12-29)28(37)32-21-9-5-4-6-10-21/h4-10,13,16-18H,11-12,14-15,19H2,1-3H3,(H,32,37)(H2,30,33,34). The monoisotopic (exact) mass is 527 g/mol. The number of aromatic nitrogens is 3. The largest absolute Gasteiger partial charge is 0.493 e. The molecular formula is C29H33N7O3. The number of nitrogens with zero attached hydrogens (tertiary/aromatic N) is 5. The smallest absolute Gasteiger partial charge is 0.321 e. The van der Waals surface area contributed by atoms with Crippen LogP contribution in [0.5, 0.6) is 11.5 Å². The summed E-state index contributed by atoms with van der Waals surface area (Å²) < 4.78 is 10.9. The molecule has 4 aromatic rings. The first-order valence-corrected chi connectivity index (χ1v) is 12.8. The number of carbonyl (C=O) groups is 1. The summed E-state index contributed by atoms with van der Waals surface area (Å²) in [7, 11) is 5.14. The molecule has 0 unspecified atom stereocenters. The number of anilines is 3. The van der Waals surface area contributed by atoms with E-state index in [1.165, 1.54) is 0 Å². The second-order valence-corrected chi connectivity index (χ2v) is 9.79. The van der Waals surface area contributed by atoms with Gasteiger partial charge in [0, 0.05) is 61.6 Å². The fraction of sp³-hybridized carbons (Fsp3) is 0.310. The van der Waals surface area contributed by atoms with Gasteiger partial charge in [0.1, 0.15) is 5.82 Å². The highest BCUT2D eigenvalue weighted by atomic mass is 16.5. The molecule has 3 heterocycles. The van der Waals surface area contributed by atoms with Crippen LogP contribution in [0, 0.1) is 0 Å². The Labute approximate surface area is 227 Å². The number of benzene rings is 2. The van der Waals surface area contributed by atoms with Crippen molar-refractivity contribution in [3.05, 3.63) is 72.6 Å². The molecule has 0 saturated carbocycles. The molecule has 0 radical (unpaired) electrons. The molecule has 0 spiro atoms. The minimum atomic E-state index is -0.253. The zero-order valence-electron chi connectivity index (χ0n) is 22.4. The molecule has 2 aromatic carbocycles.